The zero-order valence-corrected chi connectivity index (χ0v) is 15.5. The summed E-state index contributed by atoms with van der Waals surface area (Å²) < 4.78 is 13.3. The molecule has 0 spiro atoms. The van der Waals surface area contributed by atoms with Gasteiger partial charge in [-0.1, -0.05) is 25.5 Å². The Morgan fingerprint density at radius 2 is 2.07 bits per heavy atom. The lowest BCUT2D eigenvalue weighted by Gasteiger charge is -2.20. The van der Waals surface area contributed by atoms with E-state index >= 15 is 0 Å². The average Bonchev–Trinajstić information content (AvgIpc) is 2.69. The summed E-state index contributed by atoms with van der Waals surface area (Å²) in [5, 5.41) is 14.3. The zero-order valence-electron chi connectivity index (χ0n) is 15.5. The highest BCUT2D eigenvalue weighted by molar-refractivity contribution is 6.20. The first kappa shape index (κ1) is 19.2. The van der Waals surface area contributed by atoms with E-state index < -0.39 is 0 Å². The van der Waals surface area contributed by atoms with Crippen molar-refractivity contribution in [2.45, 2.75) is 25.8 Å². The van der Waals surface area contributed by atoms with Gasteiger partial charge in [0.15, 0.2) is 0 Å². The van der Waals surface area contributed by atoms with Crippen LogP contribution in [-0.2, 0) is 0 Å². The van der Waals surface area contributed by atoms with E-state index in [4.69, 9.17) is 11.1 Å². The number of allylic oxidation sites excluding steroid dienone is 1. The molecule has 8 heteroatoms. The van der Waals surface area contributed by atoms with Crippen molar-refractivity contribution in [3.8, 4) is 0 Å². The Labute approximate surface area is 162 Å². The third-order valence-corrected chi connectivity index (χ3v) is 4.21. The molecule has 1 aliphatic rings. The number of benzene rings is 1. The third kappa shape index (κ3) is 4.59. The topological polar surface area (TPSA) is 112 Å². The van der Waals surface area contributed by atoms with Gasteiger partial charge in [-0.05, 0) is 30.2 Å². The second-order valence-corrected chi connectivity index (χ2v) is 6.24. The van der Waals surface area contributed by atoms with Crippen LogP contribution in [0, 0.1) is 11.2 Å². The monoisotopic (exact) mass is 379 g/mol. The van der Waals surface area contributed by atoms with Crippen molar-refractivity contribution in [3.63, 3.8) is 0 Å². The van der Waals surface area contributed by atoms with Crippen LogP contribution in [0.5, 0.6) is 0 Å². The van der Waals surface area contributed by atoms with E-state index in [9.17, 15) is 4.39 Å². The molecule has 1 aromatic carbocycles. The van der Waals surface area contributed by atoms with Crippen LogP contribution in [-0.4, -0.2) is 22.0 Å². The summed E-state index contributed by atoms with van der Waals surface area (Å²) in [4.78, 5) is 12.8. The molecule has 1 aromatic heterocycles. The molecular weight excluding hydrogens is 357 g/mol. The van der Waals surface area contributed by atoms with Crippen LogP contribution >= 0.6 is 0 Å². The maximum absolute atomic E-state index is 13.3. The van der Waals surface area contributed by atoms with E-state index in [1.54, 1.807) is 36.7 Å². The Kier molecular flexibility index (Phi) is 6.11. The second-order valence-electron chi connectivity index (χ2n) is 6.24. The highest BCUT2D eigenvalue weighted by Crippen LogP contribution is 2.25. The Morgan fingerprint density at radius 3 is 2.71 bits per heavy atom. The molecule has 28 heavy (non-hydrogen) atoms. The lowest BCUT2D eigenvalue weighted by Crippen LogP contribution is -2.20. The predicted molar refractivity (Wildman–Crippen MR) is 109 cm³/mol. The number of hydrogen-bond donors (Lipinski definition) is 4. The zero-order chi connectivity index (χ0) is 19.9. The van der Waals surface area contributed by atoms with Gasteiger partial charge in [0, 0.05) is 18.5 Å². The number of anilines is 1. The first-order chi connectivity index (χ1) is 13.6. The number of hydrogen-bond acceptors (Lipinski definition) is 6. The number of halogens is 1. The average molecular weight is 379 g/mol. The van der Waals surface area contributed by atoms with Crippen LogP contribution < -0.4 is 16.4 Å². The molecule has 0 aliphatic carbocycles. The molecule has 144 valence electrons. The first-order valence-electron chi connectivity index (χ1n) is 8.97. The molecule has 2 heterocycles. The fourth-order valence-corrected chi connectivity index (χ4v) is 2.91. The largest absolute Gasteiger partial charge is 0.384 e. The van der Waals surface area contributed by atoms with E-state index in [-0.39, 0.29) is 17.7 Å². The molecule has 0 amide bonds. The molecule has 7 nitrogen and oxygen atoms in total. The quantitative estimate of drug-likeness (QED) is 0.435. The van der Waals surface area contributed by atoms with Crippen molar-refractivity contribution >= 4 is 23.4 Å². The van der Waals surface area contributed by atoms with Gasteiger partial charge in [-0.15, -0.1) is 0 Å². The van der Waals surface area contributed by atoms with Gasteiger partial charge in [-0.3, -0.25) is 5.41 Å². The Hall–Kier alpha value is -3.55. The van der Waals surface area contributed by atoms with Crippen molar-refractivity contribution in [2.24, 2.45) is 10.7 Å². The molecule has 0 fully saturated rings. The molecule has 0 radical (unpaired) electrons. The lowest BCUT2D eigenvalue weighted by atomic mass is 10.0. The molecule has 1 aliphatic heterocycles. The van der Waals surface area contributed by atoms with Gasteiger partial charge >= 0.3 is 0 Å². The molecule has 5 N–H and O–H groups in total. The van der Waals surface area contributed by atoms with Crippen molar-refractivity contribution in [3.05, 3.63) is 71.8 Å². The second kappa shape index (κ2) is 8.90. The number of nitrogens with two attached hydrogens (primary N) is 1. The number of nitrogens with one attached hydrogen (secondary N) is 3. The number of amidine groups is 1. The fraction of sp³-hybridized carbons (Fsp3) is 0.200. The van der Waals surface area contributed by atoms with Crippen molar-refractivity contribution in [1.29, 1.82) is 5.41 Å². The Balaban J connectivity index is 1.91. The van der Waals surface area contributed by atoms with Crippen molar-refractivity contribution < 1.29 is 4.39 Å². The van der Waals surface area contributed by atoms with Crippen LogP contribution in [0.4, 0.5) is 10.2 Å². The molecular formula is C20H22FN7. The van der Waals surface area contributed by atoms with Crippen LogP contribution in [0.2, 0.25) is 0 Å². The van der Waals surface area contributed by atoms with Gasteiger partial charge in [-0.2, -0.15) is 0 Å². The minimum absolute atomic E-state index is 0.0319. The van der Waals surface area contributed by atoms with E-state index in [0.717, 1.165) is 18.4 Å². The molecule has 1 atom stereocenters. The van der Waals surface area contributed by atoms with Crippen LogP contribution in [0.25, 0.3) is 5.57 Å². The maximum atomic E-state index is 13.3. The minimum atomic E-state index is -0.268. The van der Waals surface area contributed by atoms with Gasteiger partial charge in [0.25, 0.3) is 0 Å². The fourth-order valence-electron chi connectivity index (χ4n) is 2.91. The summed E-state index contributed by atoms with van der Waals surface area (Å²) in [6.07, 6.45) is 8.27. The molecule has 0 saturated heterocycles. The highest BCUT2D eigenvalue weighted by Gasteiger charge is 2.17. The molecule has 0 saturated carbocycles. The van der Waals surface area contributed by atoms with Gasteiger partial charge in [0.05, 0.1) is 17.3 Å². The number of aromatic nitrogens is 2. The summed E-state index contributed by atoms with van der Waals surface area (Å²) >= 11 is 0. The van der Waals surface area contributed by atoms with Crippen LogP contribution in [0.15, 0.2) is 59.7 Å². The van der Waals surface area contributed by atoms with Crippen LogP contribution in [0.1, 0.15) is 37.1 Å². The lowest BCUT2D eigenvalue weighted by molar-refractivity contribution is 0.623. The molecule has 0 bridgehead atoms. The number of aliphatic imine (C=N–C) groups is 1. The minimum Gasteiger partial charge on any atom is -0.384 e. The number of nitrogens with zero attached hydrogens (tertiary/aromatic N) is 3. The standard InChI is InChI=1S/C20H22FN7/c1-2-4-15(13-5-7-14(21)8-6-13)28-17-11-16(26-12-27-17)18(19(22)23)20-24-9-3-10-25-20/h3,5-12,15,24H,2,4H2,1H3,(H3,22,23)(H,26,27,28)/b20-18+. The normalized spacial score (nSPS) is 15.6. The smallest absolute Gasteiger partial charge is 0.143 e. The maximum Gasteiger partial charge on any atom is 0.143 e. The van der Waals surface area contributed by atoms with Gasteiger partial charge < -0.3 is 16.4 Å². The summed E-state index contributed by atoms with van der Waals surface area (Å²) in [6, 6.07) is 8.12. The van der Waals surface area contributed by atoms with Gasteiger partial charge in [0.2, 0.25) is 0 Å². The predicted octanol–water partition coefficient (Wildman–Crippen LogP) is 3.36. The summed E-state index contributed by atoms with van der Waals surface area (Å²) in [5.74, 6) is 0.615. The molecule has 3 rings (SSSR count). The summed E-state index contributed by atoms with van der Waals surface area (Å²) in [5.41, 5.74) is 7.61. The van der Waals surface area contributed by atoms with E-state index in [1.807, 2.05) is 0 Å². The van der Waals surface area contributed by atoms with E-state index in [1.165, 1.54) is 18.5 Å². The first-order valence-corrected chi connectivity index (χ1v) is 8.97. The van der Waals surface area contributed by atoms with Crippen LogP contribution in [0.3, 0.4) is 0 Å². The summed E-state index contributed by atoms with van der Waals surface area (Å²) in [7, 11) is 0. The molecule has 2 aromatic rings. The SMILES string of the molecule is CCCC(Nc1cc(/C(C(=N)N)=C2\N=CC=CN2)ncn1)c1ccc(F)cc1. The third-order valence-electron chi connectivity index (χ3n) is 4.21. The van der Waals surface area contributed by atoms with Crippen molar-refractivity contribution in [1.82, 2.24) is 15.3 Å². The van der Waals surface area contributed by atoms with Gasteiger partial charge in [0.1, 0.15) is 29.6 Å². The molecule has 1 unspecified atom stereocenters. The highest BCUT2D eigenvalue weighted by atomic mass is 19.1. The van der Waals surface area contributed by atoms with Gasteiger partial charge in [-0.25, -0.2) is 19.4 Å². The van der Waals surface area contributed by atoms with E-state index in [0.29, 0.717) is 22.9 Å². The van der Waals surface area contributed by atoms with Crippen molar-refractivity contribution in [2.75, 3.05) is 5.32 Å². The number of rotatable bonds is 7. The Morgan fingerprint density at radius 1 is 1.29 bits per heavy atom. The summed E-state index contributed by atoms with van der Waals surface area (Å²) in [6.45, 7) is 2.09. The Bertz CT molecular complexity index is 932. The van der Waals surface area contributed by atoms with E-state index in [2.05, 4.69) is 32.5 Å².